The van der Waals surface area contributed by atoms with Crippen LogP contribution in [-0.4, -0.2) is 46.6 Å². The van der Waals surface area contributed by atoms with Crippen molar-refractivity contribution in [1.82, 2.24) is 20.0 Å². The molecule has 0 aliphatic carbocycles. The number of aryl methyl sites for hydroxylation is 2. The minimum Gasteiger partial charge on any atom is -0.496 e. The third kappa shape index (κ3) is 4.03. The zero-order valence-electron chi connectivity index (χ0n) is 18.2. The molecule has 0 fully saturated rings. The van der Waals surface area contributed by atoms with Gasteiger partial charge in [0.25, 0.3) is 11.8 Å². The van der Waals surface area contributed by atoms with Crippen LogP contribution >= 0.6 is 0 Å². The van der Waals surface area contributed by atoms with Gasteiger partial charge in [0.2, 0.25) is 0 Å². The molecule has 0 atom stereocenters. The zero-order valence-corrected chi connectivity index (χ0v) is 18.2. The summed E-state index contributed by atoms with van der Waals surface area (Å²) in [4.78, 5) is 22.4. The van der Waals surface area contributed by atoms with E-state index in [2.05, 4.69) is 47.2 Å². The highest BCUT2D eigenvalue weighted by atomic mass is 16.5. The van der Waals surface area contributed by atoms with E-state index in [-0.39, 0.29) is 5.91 Å². The minimum absolute atomic E-state index is 0.111. The van der Waals surface area contributed by atoms with Gasteiger partial charge in [-0.05, 0) is 43.2 Å². The van der Waals surface area contributed by atoms with Crippen LogP contribution in [0.25, 0.3) is 22.5 Å². The summed E-state index contributed by atoms with van der Waals surface area (Å²) in [5.41, 5.74) is 4.82. The quantitative estimate of drug-likeness (QED) is 0.480. The minimum atomic E-state index is -0.111. The Morgan fingerprint density at radius 1 is 1.23 bits per heavy atom. The van der Waals surface area contributed by atoms with Gasteiger partial charge >= 0.3 is 0 Å². The van der Waals surface area contributed by atoms with Crippen LogP contribution < -0.4 is 4.74 Å². The number of H-pyrrole nitrogens is 1. The summed E-state index contributed by atoms with van der Waals surface area (Å²) < 4.78 is 10.8. The summed E-state index contributed by atoms with van der Waals surface area (Å²) in [7, 11) is 3.31. The second-order valence-corrected chi connectivity index (χ2v) is 7.57. The number of ether oxygens (including phenoxy) is 1. The van der Waals surface area contributed by atoms with Crippen LogP contribution in [0.1, 0.15) is 34.2 Å². The number of fused-ring (bicyclic) bond motifs is 1. The molecular weight excluding hydrogens is 392 g/mol. The fourth-order valence-electron chi connectivity index (χ4n) is 3.76. The van der Waals surface area contributed by atoms with E-state index in [0.717, 1.165) is 23.2 Å². The molecule has 31 heavy (non-hydrogen) atoms. The molecule has 1 N–H and O–H groups in total. The van der Waals surface area contributed by atoms with E-state index in [4.69, 9.17) is 9.26 Å². The Balaban J connectivity index is 1.50. The average Bonchev–Trinajstić information content (AvgIpc) is 3.40. The Kier molecular flexibility index (Phi) is 5.75. The average molecular weight is 418 g/mol. The van der Waals surface area contributed by atoms with Crippen molar-refractivity contribution in [1.29, 1.82) is 0 Å². The van der Waals surface area contributed by atoms with Gasteiger partial charge in [0.1, 0.15) is 11.4 Å². The molecule has 0 spiro atoms. The van der Waals surface area contributed by atoms with Crippen LogP contribution in [0.15, 0.2) is 47.0 Å². The number of carbonyl (C=O) groups is 1. The largest absolute Gasteiger partial charge is 0.496 e. The highest BCUT2D eigenvalue weighted by molar-refractivity contribution is 5.96. The summed E-state index contributed by atoms with van der Waals surface area (Å²) in [5, 5.41) is 5.30. The first-order chi connectivity index (χ1) is 15.0. The van der Waals surface area contributed by atoms with E-state index in [1.54, 1.807) is 31.2 Å². The van der Waals surface area contributed by atoms with Crippen molar-refractivity contribution in [2.45, 2.75) is 26.7 Å². The summed E-state index contributed by atoms with van der Waals surface area (Å²) in [5.74, 6) is 1.48. The van der Waals surface area contributed by atoms with Crippen LogP contribution in [-0.2, 0) is 12.8 Å². The molecule has 2 heterocycles. The molecule has 0 aliphatic rings. The number of nitrogens with zero attached hydrogens (tertiary/aromatic N) is 3. The number of nitrogens with one attached hydrogen (secondary N) is 1. The fourth-order valence-corrected chi connectivity index (χ4v) is 3.76. The molecule has 0 aliphatic heterocycles. The van der Waals surface area contributed by atoms with E-state index in [1.807, 2.05) is 12.1 Å². The van der Waals surface area contributed by atoms with Crippen molar-refractivity contribution in [3.05, 3.63) is 65.0 Å². The molecule has 7 nitrogen and oxygen atoms in total. The van der Waals surface area contributed by atoms with Crippen LogP contribution in [0.5, 0.6) is 5.75 Å². The first-order valence-electron chi connectivity index (χ1n) is 10.3. The van der Waals surface area contributed by atoms with Crippen molar-refractivity contribution >= 4 is 16.8 Å². The highest BCUT2D eigenvalue weighted by Crippen LogP contribution is 2.30. The van der Waals surface area contributed by atoms with Crippen molar-refractivity contribution in [2.24, 2.45) is 0 Å². The standard InChI is InChI=1S/C24H26N4O3/c1-5-16-18-14-15(2)10-11-19(18)25-22(16)23-26-21(27-31-23)12-13-28(3)24(29)17-8-6-7-9-20(17)30-4/h6-11,14,25H,5,12-13H2,1-4H3. The lowest BCUT2D eigenvalue weighted by Gasteiger charge is -2.17. The third-order valence-electron chi connectivity index (χ3n) is 5.45. The van der Waals surface area contributed by atoms with Crippen LogP contribution in [0.4, 0.5) is 0 Å². The van der Waals surface area contributed by atoms with Gasteiger partial charge in [-0.25, -0.2) is 0 Å². The van der Waals surface area contributed by atoms with Crippen LogP contribution in [0.2, 0.25) is 0 Å². The van der Waals surface area contributed by atoms with Gasteiger partial charge in [0.05, 0.1) is 12.7 Å². The number of hydrogen-bond donors (Lipinski definition) is 1. The van der Waals surface area contributed by atoms with Gasteiger partial charge in [0, 0.05) is 30.9 Å². The predicted molar refractivity (Wildman–Crippen MR) is 119 cm³/mol. The Morgan fingerprint density at radius 2 is 2.03 bits per heavy atom. The first kappa shape index (κ1) is 20.7. The van der Waals surface area contributed by atoms with Crippen molar-refractivity contribution in [3.8, 4) is 17.3 Å². The third-order valence-corrected chi connectivity index (χ3v) is 5.45. The lowest BCUT2D eigenvalue weighted by molar-refractivity contribution is 0.0792. The molecule has 0 unspecified atom stereocenters. The summed E-state index contributed by atoms with van der Waals surface area (Å²) in [6.07, 6.45) is 1.34. The van der Waals surface area contributed by atoms with Gasteiger partial charge in [-0.1, -0.05) is 35.8 Å². The molecule has 7 heteroatoms. The number of carbonyl (C=O) groups excluding carboxylic acids is 1. The number of benzene rings is 2. The number of amides is 1. The van der Waals surface area contributed by atoms with Gasteiger partial charge < -0.3 is 19.1 Å². The number of hydrogen-bond acceptors (Lipinski definition) is 5. The lowest BCUT2D eigenvalue weighted by atomic mass is 10.1. The van der Waals surface area contributed by atoms with Crippen molar-refractivity contribution in [2.75, 3.05) is 20.7 Å². The molecule has 0 radical (unpaired) electrons. The van der Waals surface area contributed by atoms with E-state index in [9.17, 15) is 4.79 Å². The zero-order chi connectivity index (χ0) is 22.0. The van der Waals surface area contributed by atoms with Crippen LogP contribution in [0.3, 0.4) is 0 Å². The molecule has 4 aromatic rings. The predicted octanol–water partition coefficient (Wildman–Crippen LogP) is 4.41. The molecule has 0 saturated carbocycles. The first-order valence-corrected chi connectivity index (χ1v) is 10.3. The van der Waals surface area contributed by atoms with E-state index < -0.39 is 0 Å². The molecular formula is C24H26N4O3. The topological polar surface area (TPSA) is 84.2 Å². The number of para-hydroxylation sites is 1. The SMILES string of the molecule is CCc1c(-c2nc(CCN(C)C(=O)c3ccccc3OC)no2)[nH]c2ccc(C)cc12. The Hall–Kier alpha value is -3.61. The summed E-state index contributed by atoms with van der Waals surface area (Å²) in [6, 6.07) is 13.5. The fraction of sp³-hybridized carbons (Fsp3) is 0.292. The second kappa shape index (κ2) is 8.63. The number of rotatable bonds is 7. The maximum atomic E-state index is 12.8. The van der Waals surface area contributed by atoms with E-state index in [0.29, 0.717) is 36.0 Å². The number of aromatic amines is 1. The Labute approximate surface area is 181 Å². The molecule has 1 amide bonds. The Morgan fingerprint density at radius 3 is 2.81 bits per heavy atom. The van der Waals surface area contributed by atoms with Crippen molar-refractivity contribution in [3.63, 3.8) is 0 Å². The number of likely N-dealkylation sites (N-methyl/N-ethyl adjacent to an activating group) is 1. The second-order valence-electron chi connectivity index (χ2n) is 7.57. The normalized spacial score (nSPS) is 11.1. The number of methoxy groups -OCH3 is 1. The van der Waals surface area contributed by atoms with Crippen molar-refractivity contribution < 1.29 is 14.1 Å². The monoisotopic (exact) mass is 418 g/mol. The molecule has 2 aromatic carbocycles. The molecule has 4 rings (SSSR count). The van der Waals surface area contributed by atoms with Gasteiger partial charge in [0.15, 0.2) is 5.82 Å². The lowest BCUT2D eigenvalue weighted by Crippen LogP contribution is -2.29. The summed E-state index contributed by atoms with van der Waals surface area (Å²) in [6.45, 7) is 4.66. The molecule has 0 bridgehead atoms. The maximum Gasteiger partial charge on any atom is 0.274 e. The van der Waals surface area contributed by atoms with E-state index >= 15 is 0 Å². The maximum absolute atomic E-state index is 12.8. The van der Waals surface area contributed by atoms with E-state index in [1.165, 1.54) is 10.9 Å². The smallest absolute Gasteiger partial charge is 0.274 e. The van der Waals surface area contributed by atoms with Gasteiger partial charge in [-0.2, -0.15) is 4.98 Å². The molecule has 160 valence electrons. The van der Waals surface area contributed by atoms with Gasteiger partial charge in [-0.15, -0.1) is 0 Å². The number of aromatic nitrogens is 3. The molecule has 2 aromatic heterocycles. The van der Waals surface area contributed by atoms with Gasteiger partial charge in [-0.3, -0.25) is 4.79 Å². The highest BCUT2D eigenvalue weighted by Gasteiger charge is 2.19. The Bertz CT molecular complexity index is 1220. The van der Waals surface area contributed by atoms with Crippen LogP contribution in [0, 0.1) is 6.92 Å². The molecule has 0 saturated heterocycles. The summed E-state index contributed by atoms with van der Waals surface area (Å²) >= 11 is 0.